The van der Waals surface area contributed by atoms with Crippen LogP contribution in [-0.2, 0) is 4.79 Å². The maximum atomic E-state index is 12.2. The van der Waals surface area contributed by atoms with Crippen LogP contribution in [0.3, 0.4) is 0 Å². The average molecular weight is 302 g/mol. The quantitative estimate of drug-likeness (QED) is 0.789. The van der Waals surface area contributed by atoms with Gasteiger partial charge < -0.3 is 15.3 Å². The first-order valence-electron chi connectivity index (χ1n) is 7.19. The molecule has 0 aromatic heterocycles. The van der Waals surface area contributed by atoms with Crippen molar-refractivity contribution in [3.05, 3.63) is 0 Å². The summed E-state index contributed by atoms with van der Waals surface area (Å²) >= 11 is 1.78. The highest BCUT2D eigenvalue weighted by Gasteiger charge is 2.37. The van der Waals surface area contributed by atoms with Gasteiger partial charge >= 0.3 is 12.0 Å². The molecule has 2 N–H and O–H groups in total. The third-order valence-corrected chi connectivity index (χ3v) is 6.09. The highest BCUT2D eigenvalue weighted by molar-refractivity contribution is 8.00. The van der Waals surface area contributed by atoms with Gasteiger partial charge in [0.15, 0.2) is 0 Å². The van der Waals surface area contributed by atoms with Crippen LogP contribution in [0.4, 0.5) is 4.79 Å². The van der Waals surface area contributed by atoms with Gasteiger partial charge in [-0.2, -0.15) is 11.8 Å². The van der Waals surface area contributed by atoms with Crippen molar-refractivity contribution in [2.45, 2.75) is 38.4 Å². The first-order chi connectivity index (χ1) is 9.39. The van der Waals surface area contributed by atoms with Gasteiger partial charge in [0.05, 0.1) is 5.92 Å². The Labute approximate surface area is 125 Å². The molecule has 0 aromatic carbocycles. The Morgan fingerprint density at radius 3 is 2.35 bits per heavy atom. The second-order valence-electron chi connectivity index (χ2n) is 5.58. The zero-order valence-corrected chi connectivity index (χ0v) is 13.6. The van der Waals surface area contributed by atoms with Gasteiger partial charge in [0.2, 0.25) is 0 Å². The van der Waals surface area contributed by atoms with Crippen LogP contribution in [0.1, 0.15) is 33.6 Å². The van der Waals surface area contributed by atoms with Crippen molar-refractivity contribution in [3.63, 3.8) is 0 Å². The minimum atomic E-state index is -0.812. The summed E-state index contributed by atoms with van der Waals surface area (Å²) in [5.74, 6) is -1.24. The average Bonchev–Trinajstić information content (AvgIpc) is 2.83. The molecule has 1 saturated heterocycles. The van der Waals surface area contributed by atoms with Crippen molar-refractivity contribution >= 4 is 23.8 Å². The molecule has 1 rings (SSSR count). The molecule has 0 aliphatic carbocycles. The lowest BCUT2D eigenvalue weighted by molar-refractivity contribution is -0.142. The van der Waals surface area contributed by atoms with E-state index in [1.807, 2.05) is 6.92 Å². The number of likely N-dealkylation sites (tertiary alicyclic amines) is 1. The molecule has 0 aromatic rings. The summed E-state index contributed by atoms with van der Waals surface area (Å²) in [6.45, 7) is 7.61. The van der Waals surface area contributed by atoms with E-state index in [-0.39, 0.29) is 16.7 Å². The number of aliphatic carboxylic acids is 1. The molecular weight excluding hydrogens is 276 g/mol. The summed E-state index contributed by atoms with van der Waals surface area (Å²) in [4.78, 5) is 24.9. The number of urea groups is 1. The lowest BCUT2D eigenvalue weighted by atomic mass is 9.99. The molecular formula is C14H26N2O3S. The Kier molecular flexibility index (Phi) is 6.17. The lowest BCUT2D eigenvalue weighted by Crippen LogP contribution is -2.45. The summed E-state index contributed by atoms with van der Waals surface area (Å²) in [7, 11) is 0. The molecule has 0 spiro atoms. The number of nitrogens with zero attached hydrogens (tertiary/aromatic N) is 1. The fourth-order valence-corrected chi connectivity index (χ4v) is 3.46. The molecule has 2 atom stereocenters. The Morgan fingerprint density at radius 2 is 1.95 bits per heavy atom. The summed E-state index contributed by atoms with van der Waals surface area (Å²) in [5.41, 5.74) is 0. The number of nitrogens with one attached hydrogen (secondary N) is 1. The van der Waals surface area contributed by atoms with Crippen molar-refractivity contribution in [2.24, 2.45) is 11.8 Å². The van der Waals surface area contributed by atoms with Crippen molar-refractivity contribution in [3.8, 4) is 0 Å². The van der Waals surface area contributed by atoms with Crippen LogP contribution in [0.2, 0.25) is 0 Å². The maximum absolute atomic E-state index is 12.2. The Balaban J connectivity index is 2.54. The molecule has 0 saturated carbocycles. The predicted molar refractivity (Wildman–Crippen MR) is 82.1 cm³/mol. The third-order valence-electron chi connectivity index (χ3n) is 4.50. The van der Waals surface area contributed by atoms with E-state index in [9.17, 15) is 9.59 Å². The van der Waals surface area contributed by atoms with Gasteiger partial charge in [-0.05, 0) is 25.0 Å². The molecule has 20 heavy (non-hydrogen) atoms. The number of carbonyl (C=O) groups excluding carboxylic acids is 1. The summed E-state index contributed by atoms with van der Waals surface area (Å²) in [5, 5.41) is 12.1. The fourth-order valence-electron chi connectivity index (χ4n) is 2.66. The first kappa shape index (κ1) is 17.1. The second kappa shape index (κ2) is 7.20. The van der Waals surface area contributed by atoms with Crippen LogP contribution >= 0.6 is 11.8 Å². The lowest BCUT2D eigenvalue weighted by Gasteiger charge is -2.30. The molecule has 0 unspecified atom stereocenters. The molecule has 1 fully saturated rings. The van der Waals surface area contributed by atoms with Gasteiger partial charge in [-0.1, -0.05) is 20.8 Å². The van der Waals surface area contributed by atoms with E-state index in [2.05, 4.69) is 25.4 Å². The first-order valence-corrected chi connectivity index (χ1v) is 8.42. The largest absolute Gasteiger partial charge is 0.481 e. The number of hydrogen-bond donors (Lipinski definition) is 2. The number of hydrogen-bond acceptors (Lipinski definition) is 3. The minimum Gasteiger partial charge on any atom is -0.481 e. The Hall–Kier alpha value is -0.910. The van der Waals surface area contributed by atoms with Crippen LogP contribution in [0.15, 0.2) is 0 Å². The van der Waals surface area contributed by atoms with E-state index in [4.69, 9.17) is 5.11 Å². The predicted octanol–water partition coefficient (Wildman–Crippen LogP) is 2.27. The maximum Gasteiger partial charge on any atom is 0.317 e. The summed E-state index contributed by atoms with van der Waals surface area (Å²) in [6, 6.07) is -0.138. The van der Waals surface area contributed by atoms with Gasteiger partial charge in [0.1, 0.15) is 0 Å². The standard InChI is InChI=1S/C14H26N2O3S/c1-5-14(6-2,20-4)9-15-13(19)16-7-10(3)11(8-16)12(17)18/h10-11H,5-9H2,1-4H3,(H,15,19)(H,17,18)/t10-,11-/m1/s1. The smallest absolute Gasteiger partial charge is 0.317 e. The molecule has 6 heteroatoms. The van der Waals surface area contributed by atoms with Gasteiger partial charge in [-0.15, -0.1) is 0 Å². The van der Waals surface area contributed by atoms with Gasteiger partial charge in [-0.25, -0.2) is 4.79 Å². The van der Waals surface area contributed by atoms with Crippen molar-refractivity contribution in [1.29, 1.82) is 0 Å². The summed E-state index contributed by atoms with van der Waals surface area (Å²) in [6.07, 6.45) is 4.07. The third kappa shape index (κ3) is 3.81. The van der Waals surface area contributed by atoms with Crippen molar-refractivity contribution in [1.82, 2.24) is 10.2 Å². The molecule has 1 heterocycles. The van der Waals surface area contributed by atoms with E-state index in [0.29, 0.717) is 19.6 Å². The molecule has 0 bridgehead atoms. The molecule has 1 aliphatic heterocycles. The molecule has 116 valence electrons. The Bertz CT molecular complexity index is 350. The topological polar surface area (TPSA) is 69.6 Å². The molecule has 1 aliphatic rings. The van der Waals surface area contributed by atoms with E-state index in [1.54, 1.807) is 16.7 Å². The van der Waals surface area contributed by atoms with Crippen LogP contribution in [0.5, 0.6) is 0 Å². The fraction of sp³-hybridized carbons (Fsp3) is 0.857. The Morgan fingerprint density at radius 1 is 1.35 bits per heavy atom. The number of carboxylic acids is 1. The van der Waals surface area contributed by atoms with Gasteiger partial charge in [0.25, 0.3) is 0 Å². The highest BCUT2D eigenvalue weighted by Crippen LogP contribution is 2.30. The second-order valence-corrected chi connectivity index (χ2v) is 6.85. The van der Waals surface area contributed by atoms with Gasteiger partial charge in [-0.3, -0.25) is 4.79 Å². The highest BCUT2D eigenvalue weighted by atomic mass is 32.2. The molecule has 0 radical (unpaired) electrons. The zero-order valence-electron chi connectivity index (χ0n) is 12.8. The zero-order chi connectivity index (χ0) is 15.3. The minimum absolute atomic E-state index is 0.0147. The van der Waals surface area contributed by atoms with E-state index in [1.165, 1.54) is 0 Å². The monoisotopic (exact) mass is 302 g/mol. The number of thioether (sulfide) groups is 1. The van der Waals surface area contributed by atoms with E-state index < -0.39 is 11.9 Å². The number of carboxylic acid groups (broad SMARTS) is 1. The summed E-state index contributed by atoms with van der Waals surface area (Å²) < 4.78 is 0.0766. The molecule has 5 nitrogen and oxygen atoms in total. The number of amides is 2. The van der Waals surface area contributed by atoms with Crippen molar-refractivity contribution in [2.75, 3.05) is 25.9 Å². The van der Waals surface area contributed by atoms with Crippen molar-refractivity contribution < 1.29 is 14.7 Å². The normalized spacial score (nSPS) is 22.9. The number of carbonyl (C=O) groups is 2. The van der Waals surface area contributed by atoms with Crippen LogP contribution in [0, 0.1) is 11.8 Å². The SMILES string of the molecule is CCC(CC)(CNC(=O)N1C[C@@H](C)[C@H](C(=O)O)C1)SC. The van der Waals surface area contributed by atoms with Crippen LogP contribution in [0.25, 0.3) is 0 Å². The van der Waals surface area contributed by atoms with E-state index >= 15 is 0 Å². The van der Waals surface area contributed by atoms with Crippen LogP contribution in [-0.4, -0.2) is 52.6 Å². The van der Waals surface area contributed by atoms with Crippen LogP contribution < -0.4 is 5.32 Å². The number of rotatable bonds is 6. The molecule has 2 amide bonds. The van der Waals surface area contributed by atoms with E-state index in [0.717, 1.165) is 12.8 Å². The van der Waals surface area contributed by atoms with Gasteiger partial charge in [0, 0.05) is 24.4 Å².